The maximum absolute atomic E-state index is 13.7. The summed E-state index contributed by atoms with van der Waals surface area (Å²) in [5, 5.41) is 22.8. The molecule has 1 aromatic carbocycles. The van der Waals surface area contributed by atoms with Crippen molar-refractivity contribution in [3.8, 4) is 0 Å². The Hall–Kier alpha value is -4.31. The minimum Gasteiger partial charge on any atom is -0.480 e. The molecule has 1 radical (unpaired) electrons. The molecule has 11 N–H and O–H groups in total. The molecule has 5 amide bonds. The summed E-state index contributed by atoms with van der Waals surface area (Å²) in [5.74, 6) is -5.32. The Morgan fingerprint density at radius 2 is 1.30 bits per heavy atom. The van der Waals surface area contributed by atoms with Gasteiger partial charge in [-0.25, -0.2) is 9.78 Å². The molecular weight excluding hydrogens is 698 g/mol. The molecule has 50 heavy (non-hydrogen) atoms. The van der Waals surface area contributed by atoms with Crippen molar-refractivity contribution >= 4 is 35.5 Å². The SMILES string of the molecule is CC(C)[C@H](NC(=O)[C@H](Cc1ccccc1)NC(=O)[C@@H](NC(=O)[C@H](CCCCN)NC(=O)[C@H](Cc1cnc[nH]1)NC(=O)CN)C(C)C)C(=O)O.[Cu]. The van der Waals surface area contributed by atoms with E-state index in [4.69, 9.17) is 11.5 Å². The number of nitrogens with zero attached hydrogens (tertiary/aromatic N) is 1. The zero-order chi connectivity index (χ0) is 36.5. The number of aliphatic carboxylic acids is 1. The largest absolute Gasteiger partial charge is 0.480 e. The van der Waals surface area contributed by atoms with Crippen LogP contribution in [0.4, 0.5) is 0 Å². The van der Waals surface area contributed by atoms with Crippen LogP contribution < -0.4 is 38.1 Å². The second kappa shape index (κ2) is 22.4. The molecule has 0 spiro atoms. The number of carbonyl (C=O) groups is 6. The number of rotatable bonds is 21. The third kappa shape index (κ3) is 14.7. The van der Waals surface area contributed by atoms with Crippen LogP contribution in [-0.4, -0.2) is 93.9 Å². The van der Waals surface area contributed by atoms with Gasteiger partial charge >= 0.3 is 5.97 Å². The van der Waals surface area contributed by atoms with Gasteiger partial charge in [-0.2, -0.15) is 0 Å². The average molecular weight is 749 g/mol. The van der Waals surface area contributed by atoms with Crippen molar-refractivity contribution < 1.29 is 50.9 Å². The molecule has 1 heterocycles. The molecule has 17 heteroatoms. The second-order valence-corrected chi connectivity index (χ2v) is 12.5. The van der Waals surface area contributed by atoms with Gasteiger partial charge < -0.3 is 48.1 Å². The van der Waals surface area contributed by atoms with Gasteiger partial charge in [0.2, 0.25) is 29.5 Å². The van der Waals surface area contributed by atoms with Crippen molar-refractivity contribution in [2.45, 2.75) is 90.0 Å². The molecule has 2 aromatic rings. The van der Waals surface area contributed by atoms with Gasteiger partial charge in [0.25, 0.3) is 0 Å². The number of benzene rings is 1. The van der Waals surface area contributed by atoms with Crippen molar-refractivity contribution in [3.63, 3.8) is 0 Å². The van der Waals surface area contributed by atoms with Gasteiger partial charge in [-0.1, -0.05) is 58.0 Å². The first-order valence-electron chi connectivity index (χ1n) is 16.4. The van der Waals surface area contributed by atoms with Crippen molar-refractivity contribution in [2.24, 2.45) is 23.3 Å². The van der Waals surface area contributed by atoms with Crippen LogP contribution in [-0.2, 0) is 58.7 Å². The van der Waals surface area contributed by atoms with E-state index in [1.165, 1.54) is 12.5 Å². The number of aromatic amines is 1. The monoisotopic (exact) mass is 748 g/mol. The van der Waals surface area contributed by atoms with E-state index in [9.17, 15) is 33.9 Å². The van der Waals surface area contributed by atoms with Crippen LogP contribution in [0.2, 0.25) is 0 Å². The quantitative estimate of drug-likeness (QED) is 0.0561. The van der Waals surface area contributed by atoms with E-state index < -0.39 is 77.6 Å². The summed E-state index contributed by atoms with van der Waals surface area (Å²) in [6.45, 7) is 6.74. The summed E-state index contributed by atoms with van der Waals surface area (Å²) < 4.78 is 0. The normalized spacial score (nSPS) is 13.9. The van der Waals surface area contributed by atoms with Gasteiger partial charge in [0, 0.05) is 41.8 Å². The fraction of sp³-hybridized carbons (Fsp3) is 0.545. The molecule has 1 aromatic heterocycles. The maximum Gasteiger partial charge on any atom is 0.326 e. The summed E-state index contributed by atoms with van der Waals surface area (Å²) >= 11 is 0. The molecular formula is C33H51CuN9O7. The Morgan fingerprint density at radius 3 is 1.84 bits per heavy atom. The predicted octanol–water partition coefficient (Wildman–Crippen LogP) is -0.899. The first-order chi connectivity index (χ1) is 23.3. The number of amides is 5. The van der Waals surface area contributed by atoms with E-state index in [1.807, 2.05) is 0 Å². The van der Waals surface area contributed by atoms with Crippen molar-refractivity contribution in [2.75, 3.05) is 13.1 Å². The standard InChI is InChI=1S/C33H51N9O7.Cu/c1-19(2)27(32(47)40-24(14-21-10-6-5-7-11-21)31(46)42-28(20(3)4)33(48)49)41-29(44)23(12-8-9-13-34)39-30(45)25(38-26(43)16-35)15-22-17-36-18-37-22;/h5-7,10-11,17-20,23-25,27-28H,8-9,12-16,34-35H2,1-4H3,(H,36,37)(H,38,43)(H,39,45)(H,40,47)(H,41,44)(H,42,46)(H,48,49);/t23-,24-,25-,27-,28-;/m0./s1. The third-order valence-electron chi connectivity index (χ3n) is 7.79. The van der Waals surface area contributed by atoms with Gasteiger partial charge in [-0.3, -0.25) is 24.0 Å². The minimum atomic E-state index is -1.21. The number of nitrogens with two attached hydrogens (primary N) is 2. The van der Waals surface area contributed by atoms with E-state index in [1.54, 1.807) is 58.0 Å². The van der Waals surface area contributed by atoms with E-state index in [0.29, 0.717) is 25.1 Å². The summed E-state index contributed by atoms with van der Waals surface area (Å²) in [5.41, 5.74) is 12.4. The molecule has 2 rings (SSSR count). The Labute approximate surface area is 302 Å². The molecule has 0 saturated heterocycles. The fourth-order valence-electron chi connectivity index (χ4n) is 4.99. The van der Waals surface area contributed by atoms with E-state index in [2.05, 4.69) is 36.6 Å². The maximum atomic E-state index is 13.7. The number of hydrogen-bond acceptors (Lipinski definition) is 9. The average Bonchev–Trinajstić information content (AvgIpc) is 3.57. The molecule has 0 aliphatic heterocycles. The fourth-order valence-corrected chi connectivity index (χ4v) is 4.99. The van der Waals surface area contributed by atoms with E-state index in [-0.39, 0.29) is 42.9 Å². The molecule has 0 saturated carbocycles. The van der Waals surface area contributed by atoms with Crippen LogP contribution in [0, 0.1) is 11.8 Å². The van der Waals surface area contributed by atoms with Crippen molar-refractivity contribution in [1.29, 1.82) is 0 Å². The smallest absolute Gasteiger partial charge is 0.326 e. The summed E-state index contributed by atoms with van der Waals surface area (Å²) in [6.07, 6.45) is 4.28. The molecule has 0 unspecified atom stereocenters. The van der Waals surface area contributed by atoms with Gasteiger partial charge in [0.1, 0.15) is 30.2 Å². The summed E-state index contributed by atoms with van der Waals surface area (Å²) in [7, 11) is 0. The van der Waals surface area contributed by atoms with E-state index >= 15 is 0 Å². The number of hydrogen-bond donors (Lipinski definition) is 9. The Kier molecular flexibility index (Phi) is 19.6. The molecule has 0 fully saturated rings. The number of unbranched alkanes of at least 4 members (excludes halogenated alkanes) is 1. The first kappa shape index (κ1) is 43.7. The predicted molar refractivity (Wildman–Crippen MR) is 181 cm³/mol. The van der Waals surface area contributed by atoms with Crippen LogP contribution in [0.25, 0.3) is 0 Å². The molecule has 281 valence electrons. The number of aromatic nitrogens is 2. The molecule has 16 nitrogen and oxygen atoms in total. The number of nitrogens with one attached hydrogen (secondary N) is 6. The molecule has 5 atom stereocenters. The number of H-pyrrole nitrogens is 1. The van der Waals surface area contributed by atoms with E-state index in [0.717, 1.165) is 5.56 Å². The summed E-state index contributed by atoms with van der Waals surface area (Å²) in [4.78, 5) is 85.0. The molecule has 0 aliphatic carbocycles. The van der Waals surface area contributed by atoms with Crippen LogP contribution in [0.5, 0.6) is 0 Å². The zero-order valence-electron chi connectivity index (χ0n) is 28.8. The Balaban J connectivity index is 0.0000125. The second-order valence-electron chi connectivity index (χ2n) is 12.5. The van der Waals surface area contributed by atoms with Gasteiger partial charge in [-0.05, 0) is 43.2 Å². The number of carboxylic acids is 1. The van der Waals surface area contributed by atoms with Crippen molar-refractivity contribution in [3.05, 3.63) is 54.1 Å². The van der Waals surface area contributed by atoms with Gasteiger partial charge in [0.05, 0.1) is 12.9 Å². The van der Waals surface area contributed by atoms with Crippen LogP contribution >= 0.6 is 0 Å². The van der Waals surface area contributed by atoms with Crippen molar-refractivity contribution in [1.82, 2.24) is 36.6 Å². The number of carboxylic acid groups (broad SMARTS) is 1. The summed E-state index contributed by atoms with van der Waals surface area (Å²) in [6, 6.07) is 3.23. The zero-order valence-corrected chi connectivity index (χ0v) is 29.8. The number of carbonyl (C=O) groups excluding carboxylic acids is 5. The van der Waals surface area contributed by atoms with Crippen LogP contribution in [0.3, 0.4) is 0 Å². The van der Waals surface area contributed by atoms with Crippen LogP contribution in [0.1, 0.15) is 58.2 Å². The first-order valence-corrected chi connectivity index (χ1v) is 16.4. The topological polar surface area (TPSA) is 264 Å². The molecule has 0 bridgehead atoms. The van der Waals surface area contributed by atoms with Gasteiger partial charge in [0.15, 0.2) is 0 Å². The third-order valence-corrected chi connectivity index (χ3v) is 7.79. The van der Waals surface area contributed by atoms with Crippen LogP contribution in [0.15, 0.2) is 42.9 Å². The Morgan fingerprint density at radius 1 is 0.740 bits per heavy atom. The molecule has 0 aliphatic rings. The Bertz CT molecular complexity index is 1380. The number of imidazole rings is 1. The minimum absolute atomic E-state index is 0. The van der Waals surface area contributed by atoms with Gasteiger partial charge in [-0.15, -0.1) is 0 Å².